The van der Waals surface area contributed by atoms with Crippen molar-refractivity contribution in [1.29, 1.82) is 0 Å². The van der Waals surface area contributed by atoms with E-state index in [0.29, 0.717) is 0 Å². The summed E-state index contributed by atoms with van der Waals surface area (Å²) in [7, 11) is 0. The molecule has 0 aliphatic rings. The lowest BCUT2D eigenvalue weighted by Gasteiger charge is -2.04. The Morgan fingerprint density at radius 3 is 0.714 bits per heavy atom. The van der Waals surface area contributed by atoms with E-state index in [4.69, 9.17) is 0 Å². The summed E-state index contributed by atoms with van der Waals surface area (Å²) < 4.78 is 0. The molecule has 0 aromatic heterocycles. The molecule has 0 rings (SSSR count). The summed E-state index contributed by atoms with van der Waals surface area (Å²) in [5.74, 6) is 0. The highest BCUT2D eigenvalue weighted by atomic mass is 14.0. The third-order valence-electron chi connectivity index (χ3n) is 4.71. The van der Waals surface area contributed by atoms with E-state index in [9.17, 15) is 0 Å². The predicted octanol–water partition coefficient (Wildman–Crippen LogP) is 11.2. The number of hydrogen-bond donors (Lipinski definition) is 0. The number of allylic oxidation sites excluding steroid dienone is 2. The van der Waals surface area contributed by atoms with Gasteiger partial charge in [0.05, 0.1) is 0 Å². The fourth-order valence-electron chi connectivity index (χ4n) is 3.15. The first-order valence-electron chi connectivity index (χ1n) is 12.8. The summed E-state index contributed by atoms with van der Waals surface area (Å²) in [6.07, 6.45) is 25.2. The Morgan fingerprint density at radius 1 is 0.429 bits per heavy atom. The van der Waals surface area contributed by atoms with Crippen molar-refractivity contribution in [2.24, 2.45) is 0 Å². The fraction of sp³-hybridized carbons (Fsp3) is 0.857. The molecule has 0 saturated carbocycles. The summed E-state index contributed by atoms with van der Waals surface area (Å²) in [5.41, 5.74) is 2.69. The summed E-state index contributed by atoms with van der Waals surface area (Å²) in [4.78, 5) is 0. The third-order valence-corrected chi connectivity index (χ3v) is 4.71. The van der Waals surface area contributed by atoms with E-state index in [1.807, 2.05) is 13.8 Å². The van der Waals surface area contributed by atoms with E-state index >= 15 is 0 Å². The molecule has 0 spiro atoms. The highest BCUT2D eigenvalue weighted by Crippen LogP contribution is 2.15. The Labute approximate surface area is 181 Å². The topological polar surface area (TPSA) is 0 Å². The Kier molecular flexibility index (Phi) is 35.8. The highest BCUT2D eigenvalue weighted by molar-refractivity contribution is 4.87. The van der Waals surface area contributed by atoms with Gasteiger partial charge in [0.25, 0.3) is 0 Å². The normalized spacial score (nSPS) is 9.79. The van der Waals surface area contributed by atoms with E-state index in [2.05, 4.69) is 40.9 Å². The van der Waals surface area contributed by atoms with Gasteiger partial charge in [0.1, 0.15) is 0 Å². The minimum Gasteiger partial charge on any atom is -0.100 e. The van der Waals surface area contributed by atoms with E-state index in [0.717, 1.165) is 0 Å². The van der Waals surface area contributed by atoms with Gasteiger partial charge in [-0.3, -0.25) is 0 Å². The van der Waals surface area contributed by atoms with Gasteiger partial charge in [-0.1, -0.05) is 129 Å². The fourth-order valence-corrected chi connectivity index (χ4v) is 3.15. The molecule has 0 heterocycles. The second-order valence-electron chi connectivity index (χ2n) is 8.42. The van der Waals surface area contributed by atoms with Crippen LogP contribution in [0.1, 0.15) is 157 Å². The standard InChI is InChI=1S/C23H44.C3H8.C2H6/c1-22(2)20-18-16-14-12-10-8-6-5-7-9-11-13-15-17-19-21-23(3)4;1-3-2;1-2/h1,3,5-21H2,2,4H3;3H2,1-2H3;1-2H3. The van der Waals surface area contributed by atoms with E-state index in [1.54, 1.807) is 0 Å². The zero-order chi connectivity index (χ0) is 21.9. The zero-order valence-corrected chi connectivity index (χ0v) is 21.1. The summed E-state index contributed by atoms with van der Waals surface area (Å²) in [5, 5.41) is 0. The van der Waals surface area contributed by atoms with Crippen LogP contribution in [-0.4, -0.2) is 0 Å². The van der Waals surface area contributed by atoms with Gasteiger partial charge < -0.3 is 0 Å². The smallest absolute Gasteiger partial charge is 0.0326 e. The maximum Gasteiger partial charge on any atom is -0.0326 e. The van der Waals surface area contributed by atoms with Crippen molar-refractivity contribution in [3.63, 3.8) is 0 Å². The molecule has 0 unspecified atom stereocenters. The minimum atomic E-state index is 1.23. The molecule has 0 saturated heterocycles. The Balaban J connectivity index is -0.00000113. The molecule has 0 heteroatoms. The van der Waals surface area contributed by atoms with Gasteiger partial charge in [0.15, 0.2) is 0 Å². The maximum atomic E-state index is 3.97. The zero-order valence-electron chi connectivity index (χ0n) is 21.1. The average Bonchev–Trinajstić information content (AvgIpc) is 2.66. The predicted molar refractivity (Wildman–Crippen MR) is 135 cm³/mol. The average molecular weight is 395 g/mol. The van der Waals surface area contributed by atoms with Gasteiger partial charge in [0.2, 0.25) is 0 Å². The lowest BCUT2D eigenvalue weighted by atomic mass is 10.0. The van der Waals surface area contributed by atoms with Crippen LogP contribution in [-0.2, 0) is 0 Å². The van der Waals surface area contributed by atoms with Crippen molar-refractivity contribution in [3.8, 4) is 0 Å². The molecule has 0 aromatic rings. The number of rotatable bonds is 18. The van der Waals surface area contributed by atoms with Crippen LogP contribution in [0.5, 0.6) is 0 Å². The van der Waals surface area contributed by atoms with Gasteiger partial charge in [-0.2, -0.15) is 0 Å². The van der Waals surface area contributed by atoms with E-state index in [-0.39, 0.29) is 0 Å². The first-order chi connectivity index (χ1) is 13.5. The second-order valence-corrected chi connectivity index (χ2v) is 8.42. The Morgan fingerprint density at radius 2 is 0.571 bits per heavy atom. The molecule has 0 N–H and O–H groups in total. The lowest BCUT2D eigenvalue weighted by Crippen LogP contribution is -1.84. The highest BCUT2D eigenvalue weighted by Gasteiger charge is 1.95. The minimum absolute atomic E-state index is 1.23. The van der Waals surface area contributed by atoms with Gasteiger partial charge >= 0.3 is 0 Å². The molecule has 0 bridgehead atoms. The quantitative estimate of drug-likeness (QED) is 0.160. The van der Waals surface area contributed by atoms with Crippen molar-refractivity contribution < 1.29 is 0 Å². The van der Waals surface area contributed by atoms with Crippen molar-refractivity contribution >= 4 is 0 Å². The van der Waals surface area contributed by atoms with E-state index < -0.39 is 0 Å². The van der Waals surface area contributed by atoms with Crippen LogP contribution in [0.3, 0.4) is 0 Å². The summed E-state index contributed by atoms with van der Waals surface area (Å²) >= 11 is 0. The molecule has 28 heavy (non-hydrogen) atoms. The third kappa shape index (κ3) is 40.2. The first-order valence-corrected chi connectivity index (χ1v) is 12.8. The molecule has 0 aliphatic heterocycles. The van der Waals surface area contributed by atoms with Crippen molar-refractivity contribution in [2.45, 2.75) is 157 Å². The lowest BCUT2D eigenvalue weighted by molar-refractivity contribution is 0.530. The van der Waals surface area contributed by atoms with Crippen molar-refractivity contribution in [2.75, 3.05) is 0 Å². The maximum absolute atomic E-state index is 3.97. The van der Waals surface area contributed by atoms with Crippen LogP contribution >= 0.6 is 0 Å². The second kappa shape index (κ2) is 31.2. The van der Waals surface area contributed by atoms with Crippen LogP contribution in [0.4, 0.5) is 0 Å². The van der Waals surface area contributed by atoms with Crippen molar-refractivity contribution in [1.82, 2.24) is 0 Å². The van der Waals surface area contributed by atoms with E-state index in [1.165, 1.54) is 127 Å². The van der Waals surface area contributed by atoms with Gasteiger partial charge in [-0.25, -0.2) is 0 Å². The largest absolute Gasteiger partial charge is 0.100 e. The Bertz CT molecular complexity index is 258. The molecule has 170 valence electrons. The van der Waals surface area contributed by atoms with Crippen LogP contribution < -0.4 is 0 Å². The van der Waals surface area contributed by atoms with Gasteiger partial charge in [-0.15, -0.1) is 13.2 Å². The van der Waals surface area contributed by atoms with Crippen LogP contribution in [0.25, 0.3) is 0 Å². The molecule has 0 amide bonds. The van der Waals surface area contributed by atoms with Crippen molar-refractivity contribution in [3.05, 3.63) is 24.3 Å². The van der Waals surface area contributed by atoms with Crippen LogP contribution in [0.15, 0.2) is 24.3 Å². The SMILES string of the molecule is C=C(C)CCCCCCCCCCCCCCCCCC(=C)C.CC.CCC. The first kappa shape index (κ1) is 32.2. The van der Waals surface area contributed by atoms with Gasteiger partial charge in [-0.05, 0) is 39.5 Å². The summed E-state index contributed by atoms with van der Waals surface area (Å²) in [6, 6.07) is 0. The molecule has 0 aromatic carbocycles. The molecule has 0 aliphatic carbocycles. The van der Waals surface area contributed by atoms with Crippen LogP contribution in [0.2, 0.25) is 0 Å². The Hall–Kier alpha value is -0.520. The molecular formula is C28H58. The summed E-state index contributed by atoms with van der Waals surface area (Å²) in [6.45, 7) is 20.5. The molecule has 0 nitrogen and oxygen atoms in total. The van der Waals surface area contributed by atoms with Gasteiger partial charge in [0, 0.05) is 0 Å². The molecular weight excluding hydrogens is 336 g/mol. The number of hydrogen-bond acceptors (Lipinski definition) is 0. The monoisotopic (exact) mass is 394 g/mol. The number of unbranched alkanes of at least 4 members (excludes halogenated alkanes) is 14. The molecule has 0 radical (unpaired) electrons. The molecule has 0 fully saturated rings. The molecule has 0 atom stereocenters. The van der Waals surface area contributed by atoms with Crippen LogP contribution in [0, 0.1) is 0 Å².